The van der Waals surface area contributed by atoms with Gasteiger partial charge in [-0.15, -0.1) is 6.42 Å². The van der Waals surface area contributed by atoms with Crippen molar-refractivity contribution in [2.45, 2.75) is 6.92 Å². The fraction of sp³-hybridized carbons (Fsp3) is 0.333. The van der Waals surface area contributed by atoms with Crippen LogP contribution in [0.5, 0.6) is 0 Å². The van der Waals surface area contributed by atoms with Crippen molar-refractivity contribution in [1.29, 1.82) is 0 Å². The number of nitrogens with zero attached hydrogens (tertiary/aromatic N) is 1. The Hall–Kier alpha value is -2.48. The van der Waals surface area contributed by atoms with E-state index in [1.807, 2.05) is 25.1 Å². The Kier molecular flexibility index (Phi) is 7.36. The number of carbonyl (C=O) groups excluding carboxylic acids is 1. The molecule has 0 bridgehead atoms. The molecule has 0 aliphatic rings. The number of aliphatic imine (C=N–C) groups is 1. The van der Waals surface area contributed by atoms with Gasteiger partial charge in [0, 0.05) is 18.7 Å². The highest BCUT2D eigenvalue weighted by atomic mass is 16.1. The monoisotopic (exact) mass is 272 g/mol. The van der Waals surface area contributed by atoms with E-state index in [0.717, 1.165) is 6.54 Å². The third-order valence-corrected chi connectivity index (χ3v) is 2.41. The van der Waals surface area contributed by atoms with Crippen molar-refractivity contribution in [1.82, 2.24) is 16.0 Å². The molecular weight excluding hydrogens is 252 g/mol. The Balaban J connectivity index is 2.35. The van der Waals surface area contributed by atoms with Gasteiger partial charge in [0.2, 0.25) is 0 Å². The average Bonchev–Trinajstić information content (AvgIpc) is 2.49. The van der Waals surface area contributed by atoms with E-state index in [4.69, 9.17) is 6.42 Å². The fourth-order valence-corrected chi connectivity index (χ4v) is 1.51. The third-order valence-electron chi connectivity index (χ3n) is 2.41. The number of nitrogens with one attached hydrogen (secondary N) is 3. The van der Waals surface area contributed by atoms with Crippen LogP contribution in [0.3, 0.4) is 0 Å². The Labute approximate surface area is 119 Å². The molecule has 5 heteroatoms. The molecule has 0 saturated heterocycles. The molecule has 106 valence electrons. The fourth-order valence-electron chi connectivity index (χ4n) is 1.51. The van der Waals surface area contributed by atoms with Crippen LogP contribution in [0.15, 0.2) is 35.3 Å². The van der Waals surface area contributed by atoms with Crippen molar-refractivity contribution in [3.8, 4) is 12.3 Å². The number of terminal acetylenes is 1. The Bertz CT molecular complexity index is 476. The summed E-state index contributed by atoms with van der Waals surface area (Å²) in [4.78, 5) is 16.1. The smallest absolute Gasteiger partial charge is 0.251 e. The van der Waals surface area contributed by atoms with Crippen LogP contribution < -0.4 is 16.0 Å². The first-order chi connectivity index (χ1) is 9.77. The van der Waals surface area contributed by atoms with Crippen LogP contribution in [0.4, 0.5) is 0 Å². The number of hydrogen-bond acceptors (Lipinski definition) is 2. The maximum Gasteiger partial charge on any atom is 0.251 e. The summed E-state index contributed by atoms with van der Waals surface area (Å²) in [7, 11) is 0. The van der Waals surface area contributed by atoms with Gasteiger partial charge in [-0.3, -0.25) is 9.79 Å². The van der Waals surface area contributed by atoms with Gasteiger partial charge in [-0.25, -0.2) is 0 Å². The Morgan fingerprint density at radius 2 is 2.00 bits per heavy atom. The van der Waals surface area contributed by atoms with Gasteiger partial charge in [0.1, 0.15) is 0 Å². The predicted octanol–water partition coefficient (Wildman–Crippen LogP) is 0.605. The summed E-state index contributed by atoms with van der Waals surface area (Å²) in [6.07, 6.45) is 5.18. The molecule has 0 saturated carbocycles. The molecule has 1 amide bonds. The van der Waals surface area contributed by atoms with Gasteiger partial charge < -0.3 is 16.0 Å². The number of amides is 1. The highest BCUT2D eigenvalue weighted by molar-refractivity contribution is 5.94. The van der Waals surface area contributed by atoms with Crippen molar-refractivity contribution >= 4 is 11.9 Å². The van der Waals surface area contributed by atoms with Crippen LogP contribution in [-0.4, -0.2) is 38.0 Å². The van der Waals surface area contributed by atoms with Crippen molar-refractivity contribution < 1.29 is 4.79 Å². The molecule has 0 atom stereocenters. The molecule has 0 aliphatic heterocycles. The Morgan fingerprint density at radius 1 is 1.25 bits per heavy atom. The third kappa shape index (κ3) is 5.91. The molecule has 1 aromatic rings. The zero-order valence-corrected chi connectivity index (χ0v) is 11.6. The molecular formula is C15H20N4O. The number of carbonyl (C=O) groups is 1. The molecule has 1 rings (SSSR count). The minimum Gasteiger partial charge on any atom is -0.357 e. The number of hydrogen-bond donors (Lipinski definition) is 3. The largest absolute Gasteiger partial charge is 0.357 e. The van der Waals surface area contributed by atoms with E-state index in [1.165, 1.54) is 0 Å². The molecule has 0 fully saturated rings. The lowest BCUT2D eigenvalue weighted by Gasteiger charge is -2.09. The van der Waals surface area contributed by atoms with Gasteiger partial charge >= 0.3 is 0 Å². The van der Waals surface area contributed by atoms with Crippen molar-refractivity contribution in [2.75, 3.05) is 26.2 Å². The van der Waals surface area contributed by atoms with Gasteiger partial charge in [-0.05, 0) is 19.1 Å². The molecule has 0 aliphatic carbocycles. The second-order valence-corrected chi connectivity index (χ2v) is 3.94. The summed E-state index contributed by atoms with van der Waals surface area (Å²) < 4.78 is 0. The molecule has 5 nitrogen and oxygen atoms in total. The molecule has 0 radical (unpaired) electrons. The van der Waals surface area contributed by atoms with E-state index >= 15 is 0 Å². The minimum atomic E-state index is -0.0950. The van der Waals surface area contributed by atoms with E-state index in [9.17, 15) is 4.79 Å². The van der Waals surface area contributed by atoms with Gasteiger partial charge in [-0.1, -0.05) is 24.1 Å². The maximum absolute atomic E-state index is 11.8. The van der Waals surface area contributed by atoms with Crippen LogP contribution in [0.25, 0.3) is 0 Å². The van der Waals surface area contributed by atoms with Crippen LogP contribution in [0.2, 0.25) is 0 Å². The molecule has 0 heterocycles. The predicted molar refractivity (Wildman–Crippen MR) is 81.6 cm³/mol. The van der Waals surface area contributed by atoms with E-state index in [-0.39, 0.29) is 5.91 Å². The standard InChI is InChI=1S/C15H20N4O/c1-3-10-18-15(16-4-2)19-12-11-17-14(20)13-8-6-5-7-9-13/h1,5-9H,4,10-12H2,2H3,(H,17,20)(H2,16,18,19). The quantitative estimate of drug-likeness (QED) is 0.307. The summed E-state index contributed by atoms with van der Waals surface area (Å²) in [6, 6.07) is 9.09. The topological polar surface area (TPSA) is 65.5 Å². The molecule has 20 heavy (non-hydrogen) atoms. The SMILES string of the molecule is C#CCNC(=NCCNC(=O)c1ccccc1)NCC. The van der Waals surface area contributed by atoms with E-state index in [1.54, 1.807) is 12.1 Å². The van der Waals surface area contributed by atoms with Crippen molar-refractivity contribution in [2.24, 2.45) is 4.99 Å². The zero-order chi connectivity index (χ0) is 14.6. The van der Waals surface area contributed by atoms with Crippen molar-refractivity contribution in [3.05, 3.63) is 35.9 Å². The first-order valence-corrected chi connectivity index (χ1v) is 6.56. The number of benzene rings is 1. The van der Waals surface area contributed by atoms with Crippen LogP contribution >= 0.6 is 0 Å². The summed E-state index contributed by atoms with van der Waals surface area (Å²) >= 11 is 0. The van der Waals surface area contributed by atoms with Gasteiger partial charge in [0.05, 0.1) is 13.1 Å². The summed E-state index contributed by atoms with van der Waals surface area (Å²) in [5, 5.41) is 8.86. The van der Waals surface area contributed by atoms with Gasteiger partial charge in [0.15, 0.2) is 5.96 Å². The first-order valence-electron chi connectivity index (χ1n) is 6.56. The summed E-state index contributed by atoms with van der Waals surface area (Å²) in [6.45, 7) is 4.11. The minimum absolute atomic E-state index is 0.0950. The molecule has 3 N–H and O–H groups in total. The average molecular weight is 272 g/mol. The summed E-state index contributed by atoms with van der Waals surface area (Å²) in [5.41, 5.74) is 0.647. The summed E-state index contributed by atoms with van der Waals surface area (Å²) in [5.74, 6) is 3.04. The highest BCUT2D eigenvalue weighted by Crippen LogP contribution is 1.97. The molecule has 0 unspecified atom stereocenters. The molecule has 0 spiro atoms. The normalized spacial score (nSPS) is 10.5. The Morgan fingerprint density at radius 3 is 2.65 bits per heavy atom. The van der Waals surface area contributed by atoms with E-state index in [0.29, 0.717) is 31.2 Å². The lowest BCUT2D eigenvalue weighted by molar-refractivity contribution is 0.0955. The molecule has 0 aromatic heterocycles. The van der Waals surface area contributed by atoms with Gasteiger partial charge in [0.25, 0.3) is 5.91 Å². The zero-order valence-electron chi connectivity index (χ0n) is 11.6. The van der Waals surface area contributed by atoms with Crippen LogP contribution in [0, 0.1) is 12.3 Å². The second kappa shape index (κ2) is 9.45. The second-order valence-electron chi connectivity index (χ2n) is 3.94. The van der Waals surface area contributed by atoms with Crippen molar-refractivity contribution in [3.63, 3.8) is 0 Å². The first kappa shape index (κ1) is 15.6. The lowest BCUT2D eigenvalue weighted by atomic mass is 10.2. The lowest BCUT2D eigenvalue weighted by Crippen LogP contribution is -2.38. The van der Waals surface area contributed by atoms with Gasteiger partial charge in [-0.2, -0.15) is 0 Å². The van der Waals surface area contributed by atoms with Crippen LogP contribution in [-0.2, 0) is 0 Å². The highest BCUT2D eigenvalue weighted by Gasteiger charge is 2.02. The number of guanidine groups is 1. The van der Waals surface area contributed by atoms with E-state index < -0.39 is 0 Å². The number of rotatable bonds is 6. The van der Waals surface area contributed by atoms with E-state index in [2.05, 4.69) is 26.9 Å². The maximum atomic E-state index is 11.8. The van der Waals surface area contributed by atoms with Crippen LogP contribution in [0.1, 0.15) is 17.3 Å². The molecule has 1 aromatic carbocycles.